The van der Waals surface area contributed by atoms with Crippen LogP contribution >= 0.6 is 0 Å². The highest BCUT2D eigenvalue weighted by molar-refractivity contribution is 5.95. The van der Waals surface area contributed by atoms with Crippen molar-refractivity contribution < 1.29 is 14.3 Å². The van der Waals surface area contributed by atoms with E-state index in [0.717, 1.165) is 24.4 Å². The topological polar surface area (TPSA) is 50.8 Å². The van der Waals surface area contributed by atoms with E-state index in [2.05, 4.69) is 12.2 Å². The maximum Gasteiger partial charge on any atom is 0.230 e. The van der Waals surface area contributed by atoms with E-state index in [-0.39, 0.29) is 11.9 Å². The van der Waals surface area contributed by atoms with E-state index in [0.29, 0.717) is 26.2 Å². The molecule has 1 unspecified atom stereocenters. The molecule has 1 aromatic carbocycles. The third-order valence-electron chi connectivity index (χ3n) is 3.48. The van der Waals surface area contributed by atoms with Crippen LogP contribution in [0.5, 0.6) is 5.75 Å². The second kappa shape index (κ2) is 8.00. The summed E-state index contributed by atoms with van der Waals surface area (Å²) in [6.07, 6.45) is 1.45. The lowest BCUT2D eigenvalue weighted by atomic mass is 10.2. The molecule has 0 aromatic heterocycles. The van der Waals surface area contributed by atoms with E-state index >= 15 is 0 Å². The van der Waals surface area contributed by atoms with Crippen LogP contribution < -0.4 is 15.0 Å². The number of ether oxygens (including phenoxy) is 2. The molecular weight excluding hydrogens is 268 g/mol. The van der Waals surface area contributed by atoms with Gasteiger partial charge < -0.3 is 19.7 Å². The number of carbonyl (C=O) groups is 1. The lowest BCUT2D eigenvalue weighted by Crippen LogP contribution is -2.46. The van der Waals surface area contributed by atoms with Crippen LogP contribution in [0.15, 0.2) is 24.3 Å². The number of rotatable bonds is 7. The molecule has 1 amide bonds. The van der Waals surface area contributed by atoms with Crippen molar-refractivity contribution in [1.29, 1.82) is 0 Å². The first-order chi connectivity index (χ1) is 10.3. The predicted octanol–water partition coefficient (Wildman–Crippen LogP) is 1.82. The number of fused-ring (bicyclic) bond motifs is 1. The Morgan fingerprint density at radius 3 is 3.00 bits per heavy atom. The number of amides is 1. The number of nitrogens with zero attached hydrogens (tertiary/aromatic N) is 1. The third kappa shape index (κ3) is 4.19. The van der Waals surface area contributed by atoms with Gasteiger partial charge in [0.2, 0.25) is 5.91 Å². The molecule has 1 heterocycles. The quantitative estimate of drug-likeness (QED) is 0.833. The zero-order chi connectivity index (χ0) is 15.1. The average Bonchev–Trinajstić information content (AvgIpc) is 2.65. The number of carbonyl (C=O) groups excluding carboxylic acids is 1. The average molecular weight is 292 g/mol. The number of hydrogen-bond donors (Lipinski definition) is 1. The Morgan fingerprint density at radius 1 is 1.43 bits per heavy atom. The number of benzene rings is 1. The van der Waals surface area contributed by atoms with Gasteiger partial charge in [-0.25, -0.2) is 0 Å². The largest absolute Gasteiger partial charge is 0.491 e. The van der Waals surface area contributed by atoms with Crippen LogP contribution in [0.25, 0.3) is 0 Å². The molecule has 0 aliphatic carbocycles. The van der Waals surface area contributed by atoms with Gasteiger partial charge in [0.1, 0.15) is 5.75 Å². The van der Waals surface area contributed by atoms with E-state index in [1.54, 1.807) is 7.11 Å². The third-order valence-corrected chi connectivity index (χ3v) is 3.48. The Labute approximate surface area is 126 Å². The summed E-state index contributed by atoms with van der Waals surface area (Å²) in [4.78, 5) is 14.2. The van der Waals surface area contributed by atoms with Gasteiger partial charge in [-0.15, -0.1) is 0 Å². The minimum atomic E-state index is 0.0966. The van der Waals surface area contributed by atoms with Crippen LogP contribution in [0.1, 0.15) is 19.8 Å². The zero-order valence-corrected chi connectivity index (χ0v) is 12.8. The molecule has 1 aliphatic rings. The summed E-state index contributed by atoms with van der Waals surface area (Å²) in [7, 11) is 1.68. The minimum Gasteiger partial charge on any atom is -0.491 e. The van der Waals surface area contributed by atoms with Crippen LogP contribution in [0.2, 0.25) is 0 Å². The molecule has 0 saturated heterocycles. The summed E-state index contributed by atoms with van der Waals surface area (Å²) in [5.41, 5.74) is 0.847. The smallest absolute Gasteiger partial charge is 0.230 e. The van der Waals surface area contributed by atoms with Crippen LogP contribution in [0, 0.1) is 0 Å². The Morgan fingerprint density at radius 2 is 2.24 bits per heavy atom. The Hall–Kier alpha value is -1.59. The van der Waals surface area contributed by atoms with E-state index in [9.17, 15) is 4.79 Å². The molecule has 0 fully saturated rings. The molecule has 1 aliphatic heterocycles. The van der Waals surface area contributed by atoms with Crippen LogP contribution in [-0.2, 0) is 9.53 Å². The standard InChI is InChI=1S/C16H24N2O3/c1-3-9-17-13(12-20-2)11-18-14-6-4-5-7-15(14)21-10-8-16(18)19/h4-7,13,17H,3,8-12H2,1-2H3. The zero-order valence-electron chi connectivity index (χ0n) is 12.8. The highest BCUT2D eigenvalue weighted by atomic mass is 16.5. The number of methoxy groups -OCH3 is 1. The second-order valence-electron chi connectivity index (χ2n) is 5.18. The molecule has 116 valence electrons. The highest BCUT2D eigenvalue weighted by Crippen LogP contribution is 2.30. The fourth-order valence-corrected chi connectivity index (χ4v) is 2.47. The fourth-order valence-electron chi connectivity index (χ4n) is 2.47. The summed E-state index contributed by atoms with van der Waals surface area (Å²) < 4.78 is 10.9. The van der Waals surface area contributed by atoms with Crippen molar-refractivity contribution in [2.24, 2.45) is 0 Å². The first kappa shape index (κ1) is 15.8. The Kier molecular flexibility index (Phi) is 6.02. The molecule has 21 heavy (non-hydrogen) atoms. The lowest BCUT2D eigenvalue weighted by molar-refractivity contribution is -0.118. The van der Waals surface area contributed by atoms with E-state index in [4.69, 9.17) is 9.47 Å². The maximum atomic E-state index is 12.4. The van der Waals surface area contributed by atoms with Gasteiger partial charge in [-0.2, -0.15) is 0 Å². The molecule has 2 rings (SSSR count). The Bertz CT molecular complexity index is 465. The van der Waals surface area contributed by atoms with Crippen molar-refractivity contribution in [3.63, 3.8) is 0 Å². The summed E-state index contributed by atoms with van der Waals surface area (Å²) in [5, 5.41) is 3.43. The van der Waals surface area contributed by atoms with E-state index < -0.39 is 0 Å². The van der Waals surface area contributed by atoms with E-state index in [1.807, 2.05) is 29.2 Å². The summed E-state index contributed by atoms with van der Waals surface area (Å²) in [5.74, 6) is 0.870. The maximum absolute atomic E-state index is 12.4. The van der Waals surface area contributed by atoms with Gasteiger partial charge in [-0.1, -0.05) is 19.1 Å². The molecule has 0 bridgehead atoms. The van der Waals surface area contributed by atoms with Crippen molar-refractivity contribution >= 4 is 11.6 Å². The second-order valence-corrected chi connectivity index (χ2v) is 5.18. The minimum absolute atomic E-state index is 0.0966. The van der Waals surface area contributed by atoms with Gasteiger partial charge in [0.25, 0.3) is 0 Å². The number of hydrogen-bond acceptors (Lipinski definition) is 4. The first-order valence-corrected chi connectivity index (χ1v) is 7.50. The SMILES string of the molecule is CCCNC(COC)CN1C(=O)CCOc2ccccc21. The Balaban J connectivity index is 2.16. The van der Waals surface area contributed by atoms with Gasteiger partial charge in [0.15, 0.2) is 0 Å². The molecule has 0 spiro atoms. The predicted molar refractivity (Wildman–Crippen MR) is 82.9 cm³/mol. The van der Waals surface area contributed by atoms with Gasteiger partial charge in [-0.3, -0.25) is 4.79 Å². The summed E-state index contributed by atoms with van der Waals surface area (Å²) in [6, 6.07) is 7.81. The molecule has 5 nitrogen and oxygen atoms in total. The number of anilines is 1. The van der Waals surface area contributed by atoms with Gasteiger partial charge in [0, 0.05) is 19.7 Å². The molecule has 1 N–H and O–H groups in total. The van der Waals surface area contributed by atoms with Gasteiger partial charge >= 0.3 is 0 Å². The number of nitrogens with one attached hydrogen (secondary N) is 1. The summed E-state index contributed by atoms with van der Waals surface area (Å²) >= 11 is 0. The molecule has 1 aromatic rings. The van der Waals surface area contributed by atoms with Crippen molar-refractivity contribution in [3.8, 4) is 5.75 Å². The fraction of sp³-hybridized carbons (Fsp3) is 0.562. The van der Waals surface area contributed by atoms with E-state index in [1.165, 1.54) is 0 Å². The normalized spacial score (nSPS) is 16.1. The summed E-state index contributed by atoms with van der Waals surface area (Å²) in [6.45, 7) is 4.63. The first-order valence-electron chi connectivity index (χ1n) is 7.50. The molecular formula is C16H24N2O3. The van der Waals surface area contributed by atoms with Crippen molar-refractivity contribution in [2.75, 3.05) is 38.3 Å². The van der Waals surface area contributed by atoms with Gasteiger partial charge in [0.05, 0.1) is 25.3 Å². The van der Waals surface area contributed by atoms with Gasteiger partial charge in [-0.05, 0) is 25.1 Å². The molecule has 1 atom stereocenters. The molecule has 0 radical (unpaired) electrons. The lowest BCUT2D eigenvalue weighted by Gasteiger charge is -2.27. The monoisotopic (exact) mass is 292 g/mol. The highest BCUT2D eigenvalue weighted by Gasteiger charge is 2.25. The van der Waals surface area contributed by atoms with Crippen LogP contribution in [0.3, 0.4) is 0 Å². The van der Waals surface area contributed by atoms with Crippen molar-refractivity contribution in [1.82, 2.24) is 5.32 Å². The van der Waals surface area contributed by atoms with Crippen LogP contribution in [-0.4, -0.2) is 45.4 Å². The van der Waals surface area contributed by atoms with Crippen LogP contribution in [0.4, 0.5) is 5.69 Å². The number of para-hydroxylation sites is 2. The van der Waals surface area contributed by atoms with Crippen molar-refractivity contribution in [3.05, 3.63) is 24.3 Å². The molecule has 5 heteroatoms. The van der Waals surface area contributed by atoms with Crippen molar-refractivity contribution in [2.45, 2.75) is 25.8 Å². The molecule has 0 saturated carbocycles.